The van der Waals surface area contributed by atoms with Gasteiger partial charge in [0.25, 0.3) is 11.8 Å². The predicted molar refractivity (Wildman–Crippen MR) is 84.7 cm³/mol. The van der Waals surface area contributed by atoms with Gasteiger partial charge in [-0.2, -0.15) is 0 Å². The van der Waals surface area contributed by atoms with E-state index in [1.54, 1.807) is 12.1 Å². The van der Waals surface area contributed by atoms with Crippen LogP contribution in [0, 0.1) is 0 Å². The first kappa shape index (κ1) is 16.8. The molecule has 0 saturated heterocycles. The molecule has 0 spiro atoms. The molecule has 7 heteroatoms. The summed E-state index contributed by atoms with van der Waals surface area (Å²) >= 11 is 0. The van der Waals surface area contributed by atoms with Crippen LogP contribution >= 0.6 is 0 Å². The van der Waals surface area contributed by atoms with Crippen LogP contribution in [0.15, 0.2) is 48.5 Å². The summed E-state index contributed by atoms with van der Waals surface area (Å²) in [5.41, 5.74) is -0.0271. The number of carbonyl (C=O) groups excluding carboxylic acids is 2. The average molecular weight is 327 g/mol. The summed E-state index contributed by atoms with van der Waals surface area (Å²) in [4.78, 5) is 34.8. The lowest BCUT2D eigenvalue weighted by molar-refractivity contribution is -0.115. The molecule has 0 saturated carbocycles. The highest BCUT2D eigenvalue weighted by molar-refractivity contribution is 6.13. The molecule has 0 radical (unpaired) electrons. The van der Waals surface area contributed by atoms with Crippen molar-refractivity contribution in [1.29, 1.82) is 0 Å². The number of hydrogen-bond acceptors (Lipinski definition) is 5. The number of rotatable bonds is 4. The van der Waals surface area contributed by atoms with Crippen LogP contribution in [0.25, 0.3) is 6.08 Å². The van der Waals surface area contributed by atoms with Crippen molar-refractivity contribution >= 4 is 23.9 Å². The van der Waals surface area contributed by atoms with Gasteiger partial charge in [-0.3, -0.25) is 14.9 Å². The summed E-state index contributed by atoms with van der Waals surface area (Å²) in [6, 6.07) is 9.22. The standard InChI is InChI=1S/C17H13NO6/c19-11-4-1-10(2-5-11)3-8-15(21)18-16(22)13-7-6-12(20)9-14(13)17(23)24/h1-9,19-20H,(H,23,24)(H,18,21,22)/b8-3+. The number of benzene rings is 2. The highest BCUT2D eigenvalue weighted by Gasteiger charge is 2.18. The number of carboxylic acids is 1. The molecule has 4 N–H and O–H groups in total. The Balaban J connectivity index is 2.10. The lowest BCUT2D eigenvalue weighted by Crippen LogP contribution is -2.30. The first-order valence-corrected chi connectivity index (χ1v) is 6.75. The number of phenols is 2. The smallest absolute Gasteiger partial charge is 0.336 e. The van der Waals surface area contributed by atoms with E-state index in [1.807, 2.05) is 5.32 Å². The van der Waals surface area contributed by atoms with Crippen LogP contribution in [0.1, 0.15) is 26.3 Å². The summed E-state index contributed by atoms with van der Waals surface area (Å²) < 4.78 is 0. The third-order valence-electron chi connectivity index (χ3n) is 3.04. The Morgan fingerprint density at radius 2 is 1.50 bits per heavy atom. The van der Waals surface area contributed by atoms with Gasteiger partial charge in [0.2, 0.25) is 0 Å². The molecule has 0 unspecified atom stereocenters. The number of amides is 2. The molecule has 7 nitrogen and oxygen atoms in total. The second kappa shape index (κ2) is 7.10. The van der Waals surface area contributed by atoms with Crippen molar-refractivity contribution in [2.75, 3.05) is 0 Å². The van der Waals surface area contributed by atoms with E-state index in [0.717, 1.165) is 24.3 Å². The topological polar surface area (TPSA) is 124 Å². The van der Waals surface area contributed by atoms with Gasteiger partial charge in [-0.25, -0.2) is 4.79 Å². The summed E-state index contributed by atoms with van der Waals surface area (Å²) in [5, 5.41) is 29.5. The van der Waals surface area contributed by atoms with Crippen molar-refractivity contribution in [3.63, 3.8) is 0 Å². The van der Waals surface area contributed by atoms with Crippen LogP contribution in [-0.4, -0.2) is 33.1 Å². The first-order chi connectivity index (χ1) is 11.4. The van der Waals surface area contributed by atoms with E-state index in [0.29, 0.717) is 5.56 Å². The first-order valence-electron chi connectivity index (χ1n) is 6.75. The van der Waals surface area contributed by atoms with E-state index < -0.39 is 23.3 Å². The minimum absolute atomic E-state index is 0.0836. The third-order valence-corrected chi connectivity index (χ3v) is 3.04. The van der Waals surface area contributed by atoms with Crippen LogP contribution in [0.3, 0.4) is 0 Å². The van der Waals surface area contributed by atoms with Crippen molar-refractivity contribution in [3.8, 4) is 11.5 Å². The maximum Gasteiger partial charge on any atom is 0.336 e. The fraction of sp³-hybridized carbons (Fsp3) is 0. The highest BCUT2D eigenvalue weighted by Crippen LogP contribution is 2.17. The molecule has 0 aliphatic carbocycles. The molecular formula is C17H13NO6. The monoisotopic (exact) mass is 327 g/mol. The van der Waals surface area contributed by atoms with Crippen LogP contribution in [0.2, 0.25) is 0 Å². The Labute approximate surface area is 136 Å². The molecule has 122 valence electrons. The molecule has 0 heterocycles. The van der Waals surface area contributed by atoms with Crippen LogP contribution in [-0.2, 0) is 4.79 Å². The lowest BCUT2D eigenvalue weighted by Gasteiger charge is -2.06. The maximum atomic E-state index is 12.0. The maximum absolute atomic E-state index is 12.0. The molecule has 24 heavy (non-hydrogen) atoms. The van der Waals surface area contributed by atoms with Gasteiger partial charge in [0, 0.05) is 6.08 Å². The Morgan fingerprint density at radius 3 is 2.12 bits per heavy atom. The zero-order valence-electron chi connectivity index (χ0n) is 12.3. The van der Waals surface area contributed by atoms with Crippen LogP contribution in [0.5, 0.6) is 11.5 Å². The number of nitrogens with one attached hydrogen (secondary N) is 1. The van der Waals surface area contributed by atoms with E-state index >= 15 is 0 Å². The zero-order chi connectivity index (χ0) is 17.7. The molecule has 0 bridgehead atoms. The van der Waals surface area contributed by atoms with Crippen molar-refractivity contribution in [3.05, 3.63) is 65.2 Å². The van der Waals surface area contributed by atoms with Crippen LogP contribution < -0.4 is 5.32 Å². The van der Waals surface area contributed by atoms with Crippen molar-refractivity contribution in [2.45, 2.75) is 0 Å². The fourth-order valence-electron chi connectivity index (χ4n) is 1.89. The van der Waals surface area contributed by atoms with E-state index in [9.17, 15) is 19.5 Å². The van der Waals surface area contributed by atoms with Gasteiger partial charge < -0.3 is 15.3 Å². The Kier molecular flexibility index (Phi) is 4.96. The molecule has 0 aromatic heterocycles. The second-order valence-corrected chi connectivity index (χ2v) is 4.78. The van der Waals surface area contributed by atoms with Gasteiger partial charge in [0.05, 0.1) is 11.1 Å². The number of carboxylic acid groups (broad SMARTS) is 1. The van der Waals surface area contributed by atoms with E-state index in [2.05, 4.69) is 0 Å². The molecule has 0 fully saturated rings. The molecule has 0 atom stereocenters. The molecule has 0 aliphatic rings. The molecule has 2 amide bonds. The normalized spacial score (nSPS) is 10.5. The largest absolute Gasteiger partial charge is 0.508 e. The van der Waals surface area contributed by atoms with E-state index in [1.165, 1.54) is 18.2 Å². The molecule has 2 rings (SSSR count). The quantitative estimate of drug-likeness (QED) is 0.634. The molecule has 2 aromatic carbocycles. The Bertz CT molecular complexity index is 823. The van der Waals surface area contributed by atoms with E-state index in [-0.39, 0.29) is 17.1 Å². The van der Waals surface area contributed by atoms with Gasteiger partial charge in [-0.1, -0.05) is 12.1 Å². The molecular weight excluding hydrogens is 314 g/mol. The number of phenolic OH excluding ortho intramolecular Hbond substituents is 2. The van der Waals surface area contributed by atoms with Crippen molar-refractivity contribution in [2.24, 2.45) is 0 Å². The lowest BCUT2D eigenvalue weighted by atomic mass is 10.1. The van der Waals surface area contributed by atoms with Gasteiger partial charge >= 0.3 is 5.97 Å². The van der Waals surface area contributed by atoms with E-state index in [4.69, 9.17) is 10.2 Å². The number of hydrogen-bond donors (Lipinski definition) is 4. The number of carbonyl (C=O) groups is 3. The number of aromatic hydroxyl groups is 2. The summed E-state index contributed by atoms with van der Waals surface area (Å²) in [5.74, 6) is -3.25. The molecule has 0 aliphatic heterocycles. The zero-order valence-corrected chi connectivity index (χ0v) is 12.3. The number of aromatic carboxylic acids is 1. The predicted octanol–water partition coefficient (Wildman–Crippen LogP) is 1.77. The average Bonchev–Trinajstić information content (AvgIpc) is 2.54. The van der Waals surface area contributed by atoms with Gasteiger partial charge in [-0.05, 0) is 42.0 Å². The third kappa shape index (κ3) is 4.20. The summed E-state index contributed by atoms with van der Waals surface area (Å²) in [6.07, 6.45) is 2.53. The highest BCUT2D eigenvalue weighted by atomic mass is 16.4. The van der Waals surface area contributed by atoms with Crippen molar-refractivity contribution in [1.82, 2.24) is 5.32 Å². The Morgan fingerprint density at radius 1 is 0.875 bits per heavy atom. The van der Waals surface area contributed by atoms with Gasteiger partial charge in [0.15, 0.2) is 0 Å². The summed E-state index contributed by atoms with van der Waals surface area (Å²) in [6.45, 7) is 0. The van der Waals surface area contributed by atoms with Gasteiger partial charge in [-0.15, -0.1) is 0 Å². The van der Waals surface area contributed by atoms with Crippen molar-refractivity contribution < 1.29 is 29.7 Å². The minimum atomic E-state index is -1.40. The minimum Gasteiger partial charge on any atom is -0.508 e. The number of imide groups is 1. The molecule has 2 aromatic rings. The van der Waals surface area contributed by atoms with Gasteiger partial charge in [0.1, 0.15) is 11.5 Å². The fourth-order valence-corrected chi connectivity index (χ4v) is 1.89. The Hall–Kier alpha value is -3.61. The SMILES string of the molecule is O=C(/C=C/c1ccc(O)cc1)NC(=O)c1ccc(O)cc1C(=O)O. The second-order valence-electron chi connectivity index (χ2n) is 4.78. The summed E-state index contributed by atoms with van der Waals surface area (Å²) in [7, 11) is 0. The van der Waals surface area contributed by atoms with Crippen LogP contribution in [0.4, 0.5) is 0 Å².